The van der Waals surface area contributed by atoms with Gasteiger partial charge < -0.3 is 0 Å². The van der Waals surface area contributed by atoms with Crippen LogP contribution in [-0.2, 0) is 0 Å². The maximum absolute atomic E-state index is 13.2. The lowest BCUT2D eigenvalue weighted by Gasteiger charge is -2.08. The molecule has 0 N–H and O–H groups in total. The van der Waals surface area contributed by atoms with Crippen LogP contribution in [0.15, 0.2) is 18.5 Å². The molecule has 0 saturated heterocycles. The lowest BCUT2D eigenvalue weighted by molar-refractivity contribution is 0.0958. The normalized spacial score (nSPS) is 12.5. The van der Waals surface area contributed by atoms with Gasteiger partial charge in [-0.1, -0.05) is 26.7 Å². The molecular formula is C12H16FNO. The van der Waals surface area contributed by atoms with E-state index in [4.69, 9.17) is 0 Å². The molecule has 1 rings (SSSR count). The fraction of sp³-hybridized carbons (Fsp3) is 0.500. The van der Waals surface area contributed by atoms with Crippen LogP contribution in [0.2, 0.25) is 0 Å². The third kappa shape index (κ3) is 3.42. The second-order valence-electron chi connectivity index (χ2n) is 3.88. The summed E-state index contributed by atoms with van der Waals surface area (Å²) in [5, 5.41) is 0. The number of hydrogen-bond acceptors (Lipinski definition) is 2. The summed E-state index contributed by atoms with van der Waals surface area (Å²) < 4.78 is 13.2. The van der Waals surface area contributed by atoms with Gasteiger partial charge in [0.25, 0.3) is 0 Å². The highest BCUT2D eigenvalue weighted by Gasteiger charge is 2.14. The third-order valence-electron chi connectivity index (χ3n) is 2.39. The van der Waals surface area contributed by atoms with Crippen molar-refractivity contribution in [2.24, 2.45) is 5.92 Å². The van der Waals surface area contributed by atoms with Gasteiger partial charge in [0.2, 0.25) is 0 Å². The Kier molecular flexibility index (Phi) is 4.40. The van der Waals surface area contributed by atoms with E-state index < -0.39 is 5.82 Å². The number of aromatic nitrogens is 1. The van der Waals surface area contributed by atoms with Crippen molar-refractivity contribution in [3.05, 3.63) is 29.8 Å². The summed E-state index contributed by atoms with van der Waals surface area (Å²) in [7, 11) is 0. The standard InChI is InChI=1S/C12H16FNO/c1-3-4-9(2)7-12(15)10-5-6-14-8-11(10)13/h5-6,8-9H,3-4,7H2,1-2H3. The fourth-order valence-corrected chi connectivity index (χ4v) is 1.62. The lowest BCUT2D eigenvalue weighted by atomic mass is 9.96. The topological polar surface area (TPSA) is 30.0 Å². The first-order valence-electron chi connectivity index (χ1n) is 5.27. The Hall–Kier alpha value is -1.25. The van der Waals surface area contributed by atoms with Crippen molar-refractivity contribution in [2.45, 2.75) is 33.1 Å². The Bertz CT molecular complexity index is 338. The second-order valence-corrected chi connectivity index (χ2v) is 3.88. The maximum atomic E-state index is 13.2. The molecule has 3 heteroatoms. The van der Waals surface area contributed by atoms with Crippen LogP contribution in [0, 0.1) is 11.7 Å². The van der Waals surface area contributed by atoms with E-state index in [2.05, 4.69) is 11.9 Å². The van der Waals surface area contributed by atoms with Crippen LogP contribution < -0.4 is 0 Å². The van der Waals surface area contributed by atoms with E-state index >= 15 is 0 Å². The molecule has 0 amide bonds. The molecule has 0 bridgehead atoms. The van der Waals surface area contributed by atoms with Gasteiger partial charge in [0.05, 0.1) is 11.8 Å². The van der Waals surface area contributed by atoms with Gasteiger partial charge in [-0.05, 0) is 12.0 Å². The van der Waals surface area contributed by atoms with Gasteiger partial charge in [-0.15, -0.1) is 0 Å². The Morgan fingerprint density at radius 3 is 2.93 bits per heavy atom. The first-order chi connectivity index (χ1) is 7.15. The quantitative estimate of drug-likeness (QED) is 0.697. The van der Waals surface area contributed by atoms with E-state index in [1.165, 1.54) is 12.3 Å². The van der Waals surface area contributed by atoms with Gasteiger partial charge in [0, 0.05) is 12.6 Å². The highest BCUT2D eigenvalue weighted by Crippen LogP contribution is 2.15. The number of hydrogen-bond donors (Lipinski definition) is 0. The number of Topliss-reactive ketones (excluding diaryl/α,β-unsaturated/α-hetero) is 1. The number of carbonyl (C=O) groups is 1. The zero-order valence-corrected chi connectivity index (χ0v) is 9.16. The smallest absolute Gasteiger partial charge is 0.166 e. The average molecular weight is 209 g/mol. The van der Waals surface area contributed by atoms with Crippen LogP contribution in [0.5, 0.6) is 0 Å². The van der Waals surface area contributed by atoms with Crippen LogP contribution in [0.4, 0.5) is 4.39 Å². The second kappa shape index (κ2) is 5.59. The summed E-state index contributed by atoms with van der Waals surface area (Å²) >= 11 is 0. The van der Waals surface area contributed by atoms with Crippen LogP contribution in [0.1, 0.15) is 43.5 Å². The average Bonchev–Trinajstić information content (AvgIpc) is 2.18. The van der Waals surface area contributed by atoms with Crippen molar-refractivity contribution in [3.63, 3.8) is 0 Å². The summed E-state index contributed by atoms with van der Waals surface area (Å²) in [6.07, 6.45) is 4.99. The monoisotopic (exact) mass is 209 g/mol. The van der Waals surface area contributed by atoms with Crippen LogP contribution >= 0.6 is 0 Å². The molecular weight excluding hydrogens is 193 g/mol. The number of pyridine rings is 1. The molecule has 15 heavy (non-hydrogen) atoms. The van der Waals surface area contributed by atoms with Crippen LogP contribution in [0.3, 0.4) is 0 Å². The highest BCUT2D eigenvalue weighted by atomic mass is 19.1. The zero-order valence-electron chi connectivity index (χ0n) is 9.16. The largest absolute Gasteiger partial charge is 0.294 e. The number of halogens is 1. The van der Waals surface area contributed by atoms with Gasteiger partial charge in [0.1, 0.15) is 0 Å². The Morgan fingerprint density at radius 1 is 1.60 bits per heavy atom. The molecule has 1 aromatic rings. The van der Waals surface area contributed by atoms with Gasteiger partial charge in [-0.25, -0.2) is 4.39 Å². The summed E-state index contributed by atoms with van der Waals surface area (Å²) in [6, 6.07) is 1.44. The molecule has 0 fully saturated rings. The Balaban J connectivity index is 2.65. The van der Waals surface area contributed by atoms with Gasteiger partial charge in [-0.2, -0.15) is 0 Å². The van der Waals surface area contributed by atoms with Crippen molar-refractivity contribution in [1.82, 2.24) is 4.98 Å². The van der Waals surface area contributed by atoms with Crippen molar-refractivity contribution in [1.29, 1.82) is 0 Å². The first-order valence-corrected chi connectivity index (χ1v) is 5.27. The molecule has 0 radical (unpaired) electrons. The van der Waals surface area contributed by atoms with Gasteiger partial charge >= 0.3 is 0 Å². The fourth-order valence-electron chi connectivity index (χ4n) is 1.62. The van der Waals surface area contributed by atoms with Crippen LogP contribution in [0.25, 0.3) is 0 Å². The lowest BCUT2D eigenvalue weighted by Crippen LogP contribution is -2.08. The van der Waals surface area contributed by atoms with Crippen molar-refractivity contribution in [2.75, 3.05) is 0 Å². The molecule has 0 saturated carbocycles. The molecule has 0 spiro atoms. The van der Waals surface area contributed by atoms with E-state index in [1.54, 1.807) is 0 Å². The number of nitrogens with zero attached hydrogens (tertiary/aromatic N) is 1. The summed E-state index contributed by atoms with van der Waals surface area (Å²) in [5.41, 5.74) is 0.160. The van der Waals surface area contributed by atoms with E-state index in [0.29, 0.717) is 12.3 Å². The molecule has 2 nitrogen and oxygen atoms in total. The molecule has 1 atom stereocenters. The van der Waals surface area contributed by atoms with E-state index in [0.717, 1.165) is 19.0 Å². The highest BCUT2D eigenvalue weighted by molar-refractivity contribution is 5.96. The van der Waals surface area contributed by atoms with E-state index in [9.17, 15) is 9.18 Å². The van der Waals surface area contributed by atoms with Crippen molar-refractivity contribution >= 4 is 5.78 Å². The van der Waals surface area contributed by atoms with E-state index in [-0.39, 0.29) is 11.3 Å². The van der Waals surface area contributed by atoms with E-state index in [1.807, 2.05) is 6.92 Å². The summed E-state index contributed by atoms with van der Waals surface area (Å²) in [4.78, 5) is 15.3. The first kappa shape index (κ1) is 11.8. The molecule has 0 aliphatic carbocycles. The van der Waals surface area contributed by atoms with Crippen molar-refractivity contribution < 1.29 is 9.18 Å². The minimum Gasteiger partial charge on any atom is -0.294 e. The van der Waals surface area contributed by atoms with Gasteiger partial charge in [-0.3, -0.25) is 9.78 Å². The molecule has 0 aliphatic heterocycles. The minimum absolute atomic E-state index is 0.129. The summed E-state index contributed by atoms with van der Waals surface area (Å²) in [5.74, 6) is -0.336. The third-order valence-corrected chi connectivity index (χ3v) is 2.39. The number of carbonyl (C=O) groups excluding carboxylic acids is 1. The van der Waals surface area contributed by atoms with Gasteiger partial charge in [0.15, 0.2) is 11.6 Å². The number of rotatable bonds is 5. The predicted octanol–water partition coefficient (Wildman–Crippen LogP) is 3.23. The maximum Gasteiger partial charge on any atom is 0.166 e. The zero-order chi connectivity index (χ0) is 11.3. The molecule has 82 valence electrons. The minimum atomic E-state index is -0.522. The Morgan fingerprint density at radius 2 is 2.33 bits per heavy atom. The molecule has 1 unspecified atom stereocenters. The molecule has 1 heterocycles. The Labute approximate surface area is 89.5 Å². The molecule has 1 aromatic heterocycles. The van der Waals surface area contributed by atoms with Crippen molar-refractivity contribution in [3.8, 4) is 0 Å². The SMILES string of the molecule is CCCC(C)CC(=O)c1ccncc1F. The number of ketones is 1. The molecule has 0 aliphatic rings. The van der Waals surface area contributed by atoms with Crippen LogP contribution in [-0.4, -0.2) is 10.8 Å². The summed E-state index contributed by atoms with van der Waals surface area (Å²) in [6.45, 7) is 4.09. The molecule has 0 aromatic carbocycles. The predicted molar refractivity (Wildman–Crippen MR) is 57.2 cm³/mol.